The highest BCUT2D eigenvalue weighted by atomic mass is 16.3. The van der Waals surface area contributed by atoms with Gasteiger partial charge in [0.1, 0.15) is 0 Å². The third-order valence-corrected chi connectivity index (χ3v) is 5.05. The summed E-state index contributed by atoms with van der Waals surface area (Å²) in [6.45, 7) is 1.29. The van der Waals surface area contributed by atoms with E-state index < -0.39 is 0 Å². The van der Waals surface area contributed by atoms with Gasteiger partial charge >= 0.3 is 0 Å². The Kier molecular flexibility index (Phi) is 6.97. The SMILES string of the molecule is CN(CC(=O)NC1CCCCCCC1)CC1CCCC1O. The molecule has 0 bridgehead atoms. The maximum atomic E-state index is 12.2. The Morgan fingerprint density at radius 1 is 1.05 bits per heavy atom. The highest BCUT2D eigenvalue weighted by molar-refractivity contribution is 5.78. The van der Waals surface area contributed by atoms with Gasteiger partial charge in [-0.05, 0) is 38.6 Å². The largest absolute Gasteiger partial charge is 0.393 e. The van der Waals surface area contributed by atoms with Crippen LogP contribution >= 0.6 is 0 Å². The lowest BCUT2D eigenvalue weighted by atomic mass is 9.97. The molecule has 0 radical (unpaired) electrons. The molecule has 2 fully saturated rings. The second-order valence-electron chi connectivity index (χ2n) is 7.06. The first kappa shape index (κ1) is 16.8. The molecule has 2 rings (SSSR count). The van der Waals surface area contributed by atoms with Crippen molar-refractivity contribution in [2.45, 2.75) is 76.4 Å². The number of nitrogens with one attached hydrogen (secondary N) is 1. The Labute approximate surface area is 129 Å². The fourth-order valence-electron chi connectivity index (χ4n) is 3.81. The molecule has 0 aromatic heterocycles. The van der Waals surface area contributed by atoms with Gasteiger partial charge in [0.05, 0.1) is 12.6 Å². The topological polar surface area (TPSA) is 52.6 Å². The van der Waals surface area contributed by atoms with Crippen molar-refractivity contribution in [3.63, 3.8) is 0 Å². The summed E-state index contributed by atoms with van der Waals surface area (Å²) in [5.41, 5.74) is 0. The Hall–Kier alpha value is -0.610. The average Bonchev–Trinajstić information content (AvgIpc) is 2.78. The minimum atomic E-state index is -0.166. The van der Waals surface area contributed by atoms with E-state index >= 15 is 0 Å². The summed E-state index contributed by atoms with van der Waals surface area (Å²) in [7, 11) is 1.99. The summed E-state index contributed by atoms with van der Waals surface area (Å²) in [6, 6.07) is 0.378. The number of carbonyl (C=O) groups excluding carboxylic acids is 1. The van der Waals surface area contributed by atoms with Gasteiger partial charge in [0.25, 0.3) is 0 Å². The van der Waals surface area contributed by atoms with Gasteiger partial charge in [-0.3, -0.25) is 9.69 Å². The fourth-order valence-corrected chi connectivity index (χ4v) is 3.81. The number of aliphatic hydroxyl groups is 1. The first-order valence-electron chi connectivity index (χ1n) is 8.81. The molecule has 1 amide bonds. The second-order valence-corrected chi connectivity index (χ2v) is 7.06. The normalized spacial score (nSPS) is 28.3. The molecule has 0 aromatic rings. The molecule has 2 aliphatic rings. The zero-order chi connectivity index (χ0) is 15.1. The Balaban J connectivity index is 1.67. The van der Waals surface area contributed by atoms with E-state index in [9.17, 15) is 9.90 Å². The van der Waals surface area contributed by atoms with Crippen LogP contribution in [0.15, 0.2) is 0 Å². The van der Waals surface area contributed by atoms with Crippen LogP contribution in [0.5, 0.6) is 0 Å². The molecule has 0 spiro atoms. The molecule has 0 heterocycles. The van der Waals surface area contributed by atoms with Crippen LogP contribution in [-0.2, 0) is 4.79 Å². The minimum absolute atomic E-state index is 0.149. The lowest BCUT2D eigenvalue weighted by Crippen LogP contribution is -2.42. The summed E-state index contributed by atoms with van der Waals surface area (Å²) in [5.74, 6) is 0.500. The number of aliphatic hydroxyl groups excluding tert-OH is 1. The van der Waals surface area contributed by atoms with E-state index in [1.54, 1.807) is 0 Å². The zero-order valence-corrected chi connectivity index (χ0v) is 13.5. The molecule has 4 heteroatoms. The van der Waals surface area contributed by atoms with E-state index in [0.717, 1.165) is 38.6 Å². The molecule has 0 aromatic carbocycles. The minimum Gasteiger partial charge on any atom is -0.393 e. The van der Waals surface area contributed by atoms with Crippen LogP contribution in [0, 0.1) is 5.92 Å². The third-order valence-electron chi connectivity index (χ3n) is 5.05. The molecule has 4 nitrogen and oxygen atoms in total. The standard InChI is InChI=1S/C17H32N2O2/c1-19(12-14-8-7-11-16(14)20)13-17(21)18-15-9-5-3-2-4-6-10-15/h14-16,20H,2-13H2,1H3,(H,18,21). The summed E-state index contributed by atoms with van der Waals surface area (Å²) < 4.78 is 0. The number of likely N-dealkylation sites (N-methyl/N-ethyl adjacent to an activating group) is 1. The van der Waals surface area contributed by atoms with Gasteiger partial charge in [0.2, 0.25) is 5.91 Å². The van der Waals surface area contributed by atoms with E-state index in [1.165, 1.54) is 32.1 Å². The van der Waals surface area contributed by atoms with Gasteiger partial charge < -0.3 is 10.4 Å². The van der Waals surface area contributed by atoms with Crippen LogP contribution in [-0.4, -0.2) is 48.2 Å². The van der Waals surface area contributed by atoms with Crippen molar-refractivity contribution >= 4 is 5.91 Å². The summed E-state index contributed by atoms with van der Waals surface area (Å²) in [4.78, 5) is 14.2. The van der Waals surface area contributed by atoms with Crippen LogP contribution < -0.4 is 5.32 Å². The molecule has 2 saturated carbocycles. The molecule has 2 atom stereocenters. The van der Waals surface area contributed by atoms with Crippen molar-refractivity contribution in [2.24, 2.45) is 5.92 Å². The quantitative estimate of drug-likeness (QED) is 0.818. The maximum Gasteiger partial charge on any atom is 0.234 e. The predicted octanol–water partition coefficient (Wildman–Crippen LogP) is 2.31. The lowest BCUT2D eigenvalue weighted by Gasteiger charge is -2.25. The van der Waals surface area contributed by atoms with Gasteiger partial charge in [0, 0.05) is 12.6 Å². The summed E-state index contributed by atoms with van der Waals surface area (Å²) in [5, 5.41) is 13.1. The van der Waals surface area contributed by atoms with E-state index in [2.05, 4.69) is 10.2 Å². The van der Waals surface area contributed by atoms with Crippen molar-refractivity contribution in [3.05, 3.63) is 0 Å². The smallest absolute Gasteiger partial charge is 0.234 e. The van der Waals surface area contributed by atoms with Crippen molar-refractivity contribution in [3.8, 4) is 0 Å². The number of rotatable bonds is 5. The van der Waals surface area contributed by atoms with E-state index in [4.69, 9.17) is 0 Å². The van der Waals surface area contributed by atoms with E-state index in [-0.39, 0.29) is 12.0 Å². The van der Waals surface area contributed by atoms with Gasteiger partial charge in [-0.25, -0.2) is 0 Å². The number of amides is 1. The van der Waals surface area contributed by atoms with Crippen molar-refractivity contribution in [1.29, 1.82) is 0 Å². The number of hydrogen-bond acceptors (Lipinski definition) is 3. The van der Waals surface area contributed by atoms with E-state index in [1.807, 2.05) is 7.05 Å². The summed E-state index contributed by atoms with van der Waals surface area (Å²) >= 11 is 0. The first-order valence-corrected chi connectivity index (χ1v) is 8.81. The highest BCUT2D eigenvalue weighted by Crippen LogP contribution is 2.25. The van der Waals surface area contributed by atoms with Gasteiger partial charge in [0.15, 0.2) is 0 Å². The van der Waals surface area contributed by atoms with Gasteiger partial charge in [-0.15, -0.1) is 0 Å². The summed E-state index contributed by atoms with van der Waals surface area (Å²) in [6.07, 6.45) is 11.7. The Morgan fingerprint density at radius 3 is 2.33 bits per heavy atom. The van der Waals surface area contributed by atoms with E-state index in [0.29, 0.717) is 18.5 Å². The number of carbonyl (C=O) groups is 1. The lowest BCUT2D eigenvalue weighted by molar-refractivity contribution is -0.123. The van der Waals surface area contributed by atoms with Crippen molar-refractivity contribution < 1.29 is 9.90 Å². The Morgan fingerprint density at radius 2 is 1.71 bits per heavy atom. The van der Waals surface area contributed by atoms with Crippen molar-refractivity contribution in [1.82, 2.24) is 10.2 Å². The first-order chi connectivity index (χ1) is 10.1. The molecule has 122 valence electrons. The molecule has 0 aliphatic heterocycles. The Bertz CT molecular complexity index is 314. The van der Waals surface area contributed by atoms with Gasteiger partial charge in [-0.1, -0.05) is 38.5 Å². The van der Waals surface area contributed by atoms with Crippen LogP contribution in [0.3, 0.4) is 0 Å². The molecule has 2 N–H and O–H groups in total. The molecule has 21 heavy (non-hydrogen) atoms. The van der Waals surface area contributed by atoms with Crippen molar-refractivity contribution in [2.75, 3.05) is 20.1 Å². The predicted molar refractivity (Wildman–Crippen MR) is 85.1 cm³/mol. The molecule has 2 unspecified atom stereocenters. The van der Waals surface area contributed by atoms with Gasteiger partial charge in [-0.2, -0.15) is 0 Å². The monoisotopic (exact) mass is 296 g/mol. The average molecular weight is 296 g/mol. The van der Waals surface area contributed by atoms with Crippen LogP contribution in [0.2, 0.25) is 0 Å². The molecule has 0 saturated heterocycles. The highest BCUT2D eigenvalue weighted by Gasteiger charge is 2.26. The van der Waals surface area contributed by atoms with Crippen LogP contribution in [0.25, 0.3) is 0 Å². The molecular weight excluding hydrogens is 264 g/mol. The fraction of sp³-hybridized carbons (Fsp3) is 0.941. The maximum absolute atomic E-state index is 12.2. The molecule has 2 aliphatic carbocycles. The number of nitrogens with zero attached hydrogens (tertiary/aromatic N) is 1. The zero-order valence-electron chi connectivity index (χ0n) is 13.5. The van der Waals surface area contributed by atoms with Crippen LogP contribution in [0.1, 0.15) is 64.2 Å². The second kappa shape index (κ2) is 8.74. The van der Waals surface area contributed by atoms with Crippen LogP contribution in [0.4, 0.5) is 0 Å². The molecular formula is C17H32N2O2. The third kappa shape index (κ3) is 5.95. The number of hydrogen-bond donors (Lipinski definition) is 2.